The highest BCUT2D eigenvalue weighted by Crippen LogP contribution is 2.37. The summed E-state index contributed by atoms with van der Waals surface area (Å²) >= 11 is 0. The lowest BCUT2D eigenvalue weighted by atomic mass is 10.0. The molecule has 102 valence electrons. The number of nitrogens with zero attached hydrogens (tertiary/aromatic N) is 4. The summed E-state index contributed by atoms with van der Waals surface area (Å²) in [5.41, 5.74) is 5.32. The number of allylic oxidation sites excluding steroid dienone is 2. The summed E-state index contributed by atoms with van der Waals surface area (Å²) in [5.74, 6) is 0. The zero-order valence-electron chi connectivity index (χ0n) is 12.5. The van der Waals surface area contributed by atoms with E-state index in [4.69, 9.17) is 0 Å². The predicted molar refractivity (Wildman–Crippen MR) is 78.6 cm³/mol. The Kier molecular flexibility index (Phi) is 3.42. The van der Waals surface area contributed by atoms with Gasteiger partial charge in [-0.25, -0.2) is 0 Å². The third-order valence-electron chi connectivity index (χ3n) is 3.84. The molecule has 2 rings (SSSR count). The van der Waals surface area contributed by atoms with E-state index in [1.807, 2.05) is 37.6 Å². The average molecular weight is 266 g/mol. The molecule has 1 aromatic rings. The van der Waals surface area contributed by atoms with E-state index in [-0.39, 0.29) is 6.17 Å². The van der Waals surface area contributed by atoms with E-state index in [1.54, 1.807) is 0 Å². The van der Waals surface area contributed by atoms with Gasteiger partial charge in [-0.15, -0.1) is 0 Å². The SMILES string of the molecule is Cc1cc(C)c(N2C(C#N)=C(C#N)N(C)[C@@H]2C)c(C)c1. The minimum absolute atomic E-state index is 0.0422. The number of benzene rings is 1. The molecule has 4 heteroatoms. The van der Waals surface area contributed by atoms with E-state index in [0.717, 1.165) is 16.8 Å². The van der Waals surface area contributed by atoms with Crippen molar-refractivity contribution in [2.24, 2.45) is 0 Å². The van der Waals surface area contributed by atoms with Crippen LogP contribution in [0.1, 0.15) is 23.6 Å². The molecule has 0 unspecified atom stereocenters. The first-order valence-corrected chi connectivity index (χ1v) is 6.56. The van der Waals surface area contributed by atoms with Crippen molar-refractivity contribution in [1.82, 2.24) is 4.90 Å². The van der Waals surface area contributed by atoms with Crippen LogP contribution in [0.15, 0.2) is 23.5 Å². The summed E-state index contributed by atoms with van der Waals surface area (Å²) in [6.45, 7) is 8.15. The third kappa shape index (κ3) is 1.90. The van der Waals surface area contributed by atoms with Crippen molar-refractivity contribution in [2.75, 3.05) is 11.9 Å². The van der Waals surface area contributed by atoms with Crippen LogP contribution in [-0.4, -0.2) is 18.1 Å². The Morgan fingerprint density at radius 3 is 1.95 bits per heavy atom. The molecule has 0 saturated carbocycles. The van der Waals surface area contributed by atoms with Crippen LogP contribution in [0.4, 0.5) is 5.69 Å². The van der Waals surface area contributed by atoms with Gasteiger partial charge in [-0.2, -0.15) is 10.5 Å². The normalized spacial score (nSPS) is 18.2. The number of rotatable bonds is 1. The van der Waals surface area contributed by atoms with Crippen LogP contribution in [0.2, 0.25) is 0 Å². The molecule has 0 saturated heterocycles. The topological polar surface area (TPSA) is 54.1 Å². The average Bonchev–Trinajstić information content (AvgIpc) is 2.61. The van der Waals surface area contributed by atoms with Gasteiger partial charge in [-0.1, -0.05) is 17.7 Å². The molecule has 0 aromatic heterocycles. The van der Waals surface area contributed by atoms with Gasteiger partial charge in [0.1, 0.15) is 18.3 Å². The second-order valence-electron chi connectivity index (χ2n) is 5.28. The number of hydrogen-bond donors (Lipinski definition) is 0. The summed E-state index contributed by atoms with van der Waals surface area (Å²) in [5, 5.41) is 18.7. The van der Waals surface area contributed by atoms with Gasteiger partial charge in [0.2, 0.25) is 0 Å². The Bertz CT molecular complexity index is 650. The van der Waals surface area contributed by atoms with Gasteiger partial charge in [0.05, 0.1) is 0 Å². The zero-order valence-corrected chi connectivity index (χ0v) is 12.5. The summed E-state index contributed by atoms with van der Waals surface area (Å²) in [7, 11) is 1.85. The standard InChI is InChI=1S/C16H18N4/c1-10-6-11(2)16(12(3)7-10)20-13(4)19(5)14(8-17)15(20)9-18/h6-7,13H,1-5H3/t13-/m0/s1. The molecule has 0 bridgehead atoms. The Balaban J connectivity index is 2.68. The first-order chi connectivity index (χ1) is 9.42. The fourth-order valence-corrected chi connectivity index (χ4v) is 2.92. The zero-order chi connectivity index (χ0) is 15.0. The van der Waals surface area contributed by atoms with Gasteiger partial charge in [0, 0.05) is 12.7 Å². The van der Waals surface area contributed by atoms with Crippen molar-refractivity contribution in [3.8, 4) is 12.1 Å². The fraction of sp³-hybridized carbons (Fsp3) is 0.375. The molecule has 1 heterocycles. The monoisotopic (exact) mass is 266 g/mol. The van der Waals surface area contributed by atoms with Gasteiger partial charge in [-0.3, -0.25) is 0 Å². The van der Waals surface area contributed by atoms with Crippen LogP contribution >= 0.6 is 0 Å². The molecule has 0 N–H and O–H groups in total. The van der Waals surface area contributed by atoms with Crippen LogP contribution in [-0.2, 0) is 0 Å². The largest absolute Gasteiger partial charge is 0.343 e. The second kappa shape index (κ2) is 4.90. The number of aryl methyl sites for hydroxylation is 3. The lowest BCUT2D eigenvalue weighted by Gasteiger charge is -2.30. The molecule has 1 aliphatic rings. The Labute approximate surface area is 120 Å². The molecule has 0 spiro atoms. The van der Waals surface area contributed by atoms with Crippen molar-refractivity contribution >= 4 is 5.69 Å². The summed E-state index contributed by atoms with van der Waals surface area (Å²) < 4.78 is 0. The minimum atomic E-state index is -0.0422. The maximum atomic E-state index is 9.44. The molecule has 20 heavy (non-hydrogen) atoms. The quantitative estimate of drug-likeness (QED) is 0.784. The van der Waals surface area contributed by atoms with E-state index >= 15 is 0 Å². The molecule has 1 aliphatic heterocycles. The second-order valence-corrected chi connectivity index (χ2v) is 5.28. The number of nitriles is 2. The first-order valence-electron chi connectivity index (χ1n) is 6.56. The molecular weight excluding hydrogens is 248 g/mol. The van der Waals surface area contributed by atoms with Crippen LogP contribution in [0, 0.1) is 43.4 Å². The summed E-state index contributed by atoms with van der Waals surface area (Å²) in [6, 6.07) is 8.53. The molecule has 0 radical (unpaired) electrons. The molecule has 0 amide bonds. The lowest BCUT2D eigenvalue weighted by Crippen LogP contribution is -2.36. The maximum Gasteiger partial charge on any atom is 0.157 e. The third-order valence-corrected chi connectivity index (χ3v) is 3.84. The van der Waals surface area contributed by atoms with Gasteiger partial charge in [-0.05, 0) is 38.8 Å². The first kappa shape index (κ1) is 14.0. The van der Waals surface area contributed by atoms with Gasteiger partial charge < -0.3 is 9.80 Å². The number of hydrogen-bond acceptors (Lipinski definition) is 4. The Morgan fingerprint density at radius 1 is 1.00 bits per heavy atom. The van der Waals surface area contributed by atoms with E-state index < -0.39 is 0 Å². The van der Waals surface area contributed by atoms with E-state index in [0.29, 0.717) is 11.4 Å². The van der Waals surface area contributed by atoms with Crippen LogP contribution in [0.25, 0.3) is 0 Å². The Morgan fingerprint density at radius 2 is 1.50 bits per heavy atom. The van der Waals surface area contributed by atoms with Crippen molar-refractivity contribution in [1.29, 1.82) is 10.5 Å². The van der Waals surface area contributed by atoms with Crippen molar-refractivity contribution in [3.05, 3.63) is 40.2 Å². The van der Waals surface area contributed by atoms with Crippen LogP contribution < -0.4 is 4.90 Å². The lowest BCUT2D eigenvalue weighted by molar-refractivity contribution is 0.367. The maximum absolute atomic E-state index is 9.44. The minimum Gasteiger partial charge on any atom is -0.343 e. The summed E-state index contributed by atoms with van der Waals surface area (Å²) in [4.78, 5) is 3.81. The van der Waals surface area contributed by atoms with Crippen LogP contribution in [0.5, 0.6) is 0 Å². The van der Waals surface area contributed by atoms with Crippen molar-refractivity contribution in [2.45, 2.75) is 33.9 Å². The van der Waals surface area contributed by atoms with Crippen LogP contribution in [0.3, 0.4) is 0 Å². The van der Waals surface area contributed by atoms with E-state index in [1.165, 1.54) is 5.56 Å². The molecular formula is C16H18N4. The molecule has 1 aromatic carbocycles. The van der Waals surface area contributed by atoms with E-state index in [9.17, 15) is 10.5 Å². The summed E-state index contributed by atoms with van der Waals surface area (Å²) in [6.07, 6.45) is -0.0422. The molecule has 0 aliphatic carbocycles. The van der Waals surface area contributed by atoms with Crippen molar-refractivity contribution in [3.63, 3.8) is 0 Å². The van der Waals surface area contributed by atoms with Gasteiger partial charge >= 0.3 is 0 Å². The fourth-order valence-electron chi connectivity index (χ4n) is 2.92. The smallest absolute Gasteiger partial charge is 0.157 e. The van der Waals surface area contributed by atoms with E-state index in [2.05, 4.69) is 31.2 Å². The molecule has 0 fully saturated rings. The van der Waals surface area contributed by atoms with Gasteiger partial charge in [0.15, 0.2) is 11.4 Å². The van der Waals surface area contributed by atoms with Crippen molar-refractivity contribution < 1.29 is 0 Å². The predicted octanol–water partition coefficient (Wildman–Crippen LogP) is 2.97. The highest BCUT2D eigenvalue weighted by molar-refractivity contribution is 5.69. The highest BCUT2D eigenvalue weighted by Gasteiger charge is 2.35. The van der Waals surface area contributed by atoms with Gasteiger partial charge in [0.25, 0.3) is 0 Å². The Hall–Kier alpha value is -2.46. The molecule has 4 nitrogen and oxygen atoms in total. The molecule has 1 atom stereocenters. The highest BCUT2D eigenvalue weighted by atomic mass is 15.4. The number of anilines is 1.